The number of aryl methyl sites for hydroxylation is 1. The molecule has 2 rings (SSSR count). The van der Waals surface area contributed by atoms with Crippen LogP contribution in [0.4, 0.5) is 5.82 Å². The fourth-order valence-corrected chi connectivity index (χ4v) is 1.97. The van der Waals surface area contributed by atoms with E-state index in [-0.39, 0.29) is 0 Å². The van der Waals surface area contributed by atoms with Crippen molar-refractivity contribution in [2.24, 2.45) is 0 Å². The molecule has 1 aliphatic rings. The summed E-state index contributed by atoms with van der Waals surface area (Å²) in [6, 6.07) is 4.18. The minimum atomic E-state index is 0.795. The Morgan fingerprint density at radius 3 is 2.62 bits per heavy atom. The number of hydrogen-bond acceptors (Lipinski definition) is 3. The van der Waals surface area contributed by atoms with E-state index in [1.807, 2.05) is 13.8 Å². The largest absolute Gasteiger partial charge is 0.378 e. The van der Waals surface area contributed by atoms with Crippen molar-refractivity contribution in [2.45, 2.75) is 13.8 Å². The van der Waals surface area contributed by atoms with Crippen LogP contribution in [0.15, 0.2) is 18.7 Å². The average Bonchev–Trinajstić information content (AvgIpc) is 2.29. The zero-order valence-corrected chi connectivity index (χ0v) is 9.99. The van der Waals surface area contributed by atoms with Crippen molar-refractivity contribution in [3.05, 3.63) is 30.0 Å². The lowest BCUT2D eigenvalue weighted by molar-refractivity contribution is 0.122. The second-order valence-corrected chi connectivity index (χ2v) is 4.18. The maximum atomic E-state index is 5.33. The third-order valence-corrected chi connectivity index (χ3v) is 2.87. The van der Waals surface area contributed by atoms with Gasteiger partial charge in [0.15, 0.2) is 0 Å². The van der Waals surface area contributed by atoms with Gasteiger partial charge >= 0.3 is 0 Å². The molecule has 86 valence electrons. The van der Waals surface area contributed by atoms with Gasteiger partial charge in [0.1, 0.15) is 5.82 Å². The Kier molecular flexibility index (Phi) is 3.25. The predicted octanol–water partition coefficient (Wildman–Crippen LogP) is 2.26. The van der Waals surface area contributed by atoms with Crippen molar-refractivity contribution in [3.63, 3.8) is 0 Å². The van der Waals surface area contributed by atoms with Gasteiger partial charge in [0.25, 0.3) is 0 Å². The first-order valence-corrected chi connectivity index (χ1v) is 5.64. The monoisotopic (exact) mass is 218 g/mol. The normalized spacial score (nSPS) is 16.2. The highest BCUT2D eigenvalue weighted by molar-refractivity contribution is 5.64. The number of morpholine rings is 1. The molecule has 0 aromatic carbocycles. The number of pyridine rings is 1. The second kappa shape index (κ2) is 4.66. The van der Waals surface area contributed by atoms with Gasteiger partial charge in [-0.25, -0.2) is 4.98 Å². The van der Waals surface area contributed by atoms with Crippen LogP contribution >= 0.6 is 0 Å². The number of anilines is 1. The van der Waals surface area contributed by atoms with Gasteiger partial charge < -0.3 is 9.64 Å². The number of aromatic nitrogens is 1. The van der Waals surface area contributed by atoms with Crippen LogP contribution < -0.4 is 4.90 Å². The summed E-state index contributed by atoms with van der Waals surface area (Å²) < 4.78 is 5.33. The maximum Gasteiger partial charge on any atom is 0.128 e. The van der Waals surface area contributed by atoms with Crippen molar-refractivity contribution < 1.29 is 4.74 Å². The number of hydrogen-bond donors (Lipinski definition) is 0. The topological polar surface area (TPSA) is 25.4 Å². The SMILES string of the molecule is C=C(C)c1ccc(N2CCOCC2)nc1C. The van der Waals surface area contributed by atoms with E-state index in [0.717, 1.165) is 49.0 Å². The van der Waals surface area contributed by atoms with Gasteiger partial charge in [-0.3, -0.25) is 0 Å². The Labute approximate surface area is 96.7 Å². The minimum absolute atomic E-state index is 0.795. The maximum absolute atomic E-state index is 5.33. The van der Waals surface area contributed by atoms with Gasteiger partial charge in [0, 0.05) is 18.8 Å². The quantitative estimate of drug-likeness (QED) is 0.761. The molecule has 0 radical (unpaired) electrons. The zero-order chi connectivity index (χ0) is 11.5. The van der Waals surface area contributed by atoms with Gasteiger partial charge in [-0.1, -0.05) is 6.58 Å². The van der Waals surface area contributed by atoms with Gasteiger partial charge in [0.2, 0.25) is 0 Å². The summed E-state index contributed by atoms with van der Waals surface area (Å²) in [5, 5.41) is 0. The summed E-state index contributed by atoms with van der Waals surface area (Å²) >= 11 is 0. The Morgan fingerprint density at radius 1 is 1.38 bits per heavy atom. The van der Waals surface area contributed by atoms with Crippen LogP contribution in [0.25, 0.3) is 5.57 Å². The van der Waals surface area contributed by atoms with Gasteiger partial charge in [-0.15, -0.1) is 0 Å². The smallest absolute Gasteiger partial charge is 0.128 e. The molecule has 2 heterocycles. The van der Waals surface area contributed by atoms with E-state index >= 15 is 0 Å². The standard InChI is InChI=1S/C13H18N2O/c1-10(2)12-4-5-13(14-11(12)3)15-6-8-16-9-7-15/h4-5H,1,6-9H2,2-3H3. The summed E-state index contributed by atoms with van der Waals surface area (Å²) in [6.07, 6.45) is 0. The van der Waals surface area contributed by atoms with Crippen molar-refractivity contribution in [1.29, 1.82) is 0 Å². The van der Waals surface area contributed by atoms with Crippen molar-refractivity contribution in [3.8, 4) is 0 Å². The first kappa shape index (κ1) is 11.1. The molecule has 0 N–H and O–H groups in total. The molecule has 0 amide bonds. The summed E-state index contributed by atoms with van der Waals surface area (Å²) in [5.74, 6) is 1.05. The molecule has 1 aliphatic heterocycles. The molecule has 0 atom stereocenters. The lowest BCUT2D eigenvalue weighted by atomic mass is 10.1. The molecular weight excluding hydrogens is 200 g/mol. The van der Waals surface area contributed by atoms with Crippen LogP contribution in [0.1, 0.15) is 18.2 Å². The fraction of sp³-hybridized carbons (Fsp3) is 0.462. The van der Waals surface area contributed by atoms with E-state index in [1.54, 1.807) is 0 Å². The summed E-state index contributed by atoms with van der Waals surface area (Å²) in [7, 11) is 0. The number of ether oxygens (including phenoxy) is 1. The van der Waals surface area contributed by atoms with Crippen LogP contribution in [0, 0.1) is 6.92 Å². The molecule has 16 heavy (non-hydrogen) atoms. The molecule has 0 unspecified atom stereocenters. The highest BCUT2D eigenvalue weighted by Gasteiger charge is 2.13. The lowest BCUT2D eigenvalue weighted by Crippen LogP contribution is -2.36. The molecule has 0 spiro atoms. The Bertz CT molecular complexity index is 395. The molecule has 0 saturated carbocycles. The highest BCUT2D eigenvalue weighted by Crippen LogP contribution is 2.20. The van der Waals surface area contributed by atoms with Crippen LogP contribution in [0.2, 0.25) is 0 Å². The number of rotatable bonds is 2. The van der Waals surface area contributed by atoms with Crippen LogP contribution in [-0.4, -0.2) is 31.3 Å². The Morgan fingerprint density at radius 2 is 2.06 bits per heavy atom. The molecule has 1 aromatic rings. The highest BCUT2D eigenvalue weighted by atomic mass is 16.5. The van der Waals surface area contributed by atoms with E-state index in [1.165, 1.54) is 0 Å². The molecule has 0 aliphatic carbocycles. The molecule has 1 fully saturated rings. The second-order valence-electron chi connectivity index (χ2n) is 4.18. The van der Waals surface area contributed by atoms with Crippen molar-refractivity contribution in [2.75, 3.05) is 31.2 Å². The van der Waals surface area contributed by atoms with Gasteiger partial charge in [0.05, 0.1) is 13.2 Å². The van der Waals surface area contributed by atoms with Crippen molar-refractivity contribution >= 4 is 11.4 Å². The van der Waals surface area contributed by atoms with Gasteiger partial charge in [-0.2, -0.15) is 0 Å². The molecule has 1 aromatic heterocycles. The minimum Gasteiger partial charge on any atom is -0.378 e. The number of nitrogens with zero attached hydrogens (tertiary/aromatic N) is 2. The summed E-state index contributed by atoms with van der Waals surface area (Å²) in [5.41, 5.74) is 3.27. The van der Waals surface area contributed by atoms with Crippen molar-refractivity contribution in [1.82, 2.24) is 4.98 Å². The van der Waals surface area contributed by atoms with E-state index in [9.17, 15) is 0 Å². The average molecular weight is 218 g/mol. The van der Waals surface area contributed by atoms with Crippen LogP contribution in [-0.2, 0) is 4.74 Å². The van der Waals surface area contributed by atoms with E-state index in [0.29, 0.717) is 0 Å². The van der Waals surface area contributed by atoms with Gasteiger partial charge in [-0.05, 0) is 37.1 Å². The Balaban J connectivity index is 2.23. The van der Waals surface area contributed by atoms with Crippen LogP contribution in [0.5, 0.6) is 0 Å². The van der Waals surface area contributed by atoms with Crippen LogP contribution in [0.3, 0.4) is 0 Å². The summed E-state index contributed by atoms with van der Waals surface area (Å²) in [6.45, 7) is 11.5. The first-order chi connectivity index (χ1) is 7.68. The number of allylic oxidation sites excluding steroid dienone is 1. The van der Waals surface area contributed by atoms with E-state index in [4.69, 9.17) is 4.74 Å². The summed E-state index contributed by atoms with van der Waals surface area (Å²) in [4.78, 5) is 6.89. The molecular formula is C13H18N2O. The fourth-order valence-electron chi connectivity index (χ4n) is 1.97. The molecule has 0 bridgehead atoms. The predicted molar refractivity (Wildman–Crippen MR) is 66.7 cm³/mol. The molecule has 3 nitrogen and oxygen atoms in total. The lowest BCUT2D eigenvalue weighted by Gasteiger charge is -2.28. The third kappa shape index (κ3) is 2.25. The van der Waals surface area contributed by atoms with E-state index in [2.05, 4.69) is 28.6 Å². The van der Waals surface area contributed by atoms with E-state index < -0.39 is 0 Å². The third-order valence-electron chi connectivity index (χ3n) is 2.87. The zero-order valence-electron chi connectivity index (χ0n) is 9.99. The first-order valence-electron chi connectivity index (χ1n) is 5.64. The molecule has 3 heteroatoms. The Hall–Kier alpha value is -1.35. The molecule has 1 saturated heterocycles.